The third-order valence-corrected chi connectivity index (χ3v) is 5.50. The first-order chi connectivity index (χ1) is 15.0. The number of amides is 1. The van der Waals surface area contributed by atoms with Crippen LogP contribution in [0.3, 0.4) is 0 Å². The number of aromatic nitrogens is 1. The summed E-state index contributed by atoms with van der Waals surface area (Å²) in [5, 5.41) is 14.6. The second-order valence-electron chi connectivity index (χ2n) is 7.63. The Morgan fingerprint density at radius 2 is 1.65 bits per heavy atom. The summed E-state index contributed by atoms with van der Waals surface area (Å²) in [6.45, 7) is 6.10. The summed E-state index contributed by atoms with van der Waals surface area (Å²) < 4.78 is 2.15. The lowest BCUT2D eigenvalue weighted by Gasteiger charge is -2.12. The van der Waals surface area contributed by atoms with Crippen LogP contribution in [0.2, 0.25) is 0 Å². The molecule has 4 heteroatoms. The quantitative estimate of drug-likeness (QED) is 0.329. The normalized spacial score (nSPS) is 11.4. The molecule has 0 aliphatic carbocycles. The van der Waals surface area contributed by atoms with Crippen molar-refractivity contribution < 1.29 is 4.79 Å². The van der Waals surface area contributed by atoms with Gasteiger partial charge in [-0.1, -0.05) is 48.5 Å². The number of aryl methyl sites for hydroxylation is 2. The summed E-state index contributed by atoms with van der Waals surface area (Å²) in [4.78, 5) is 12.8. The summed E-state index contributed by atoms with van der Waals surface area (Å²) in [5.41, 5.74) is 5.87. The Kier molecular flexibility index (Phi) is 5.43. The monoisotopic (exact) mass is 405 g/mol. The van der Waals surface area contributed by atoms with E-state index in [4.69, 9.17) is 0 Å². The predicted molar refractivity (Wildman–Crippen MR) is 126 cm³/mol. The lowest BCUT2D eigenvalue weighted by molar-refractivity contribution is -0.112. The van der Waals surface area contributed by atoms with E-state index < -0.39 is 5.91 Å². The van der Waals surface area contributed by atoms with Crippen molar-refractivity contribution in [3.8, 4) is 11.8 Å². The fraction of sp³-hybridized carbons (Fsp3) is 0.111. The largest absolute Gasteiger partial charge is 0.321 e. The lowest BCUT2D eigenvalue weighted by atomic mass is 10.1. The molecule has 31 heavy (non-hydrogen) atoms. The number of fused-ring (bicyclic) bond motifs is 1. The van der Waals surface area contributed by atoms with Crippen LogP contribution in [-0.4, -0.2) is 10.5 Å². The summed E-state index contributed by atoms with van der Waals surface area (Å²) in [6, 6.07) is 25.9. The molecule has 0 aliphatic rings. The van der Waals surface area contributed by atoms with Gasteiger partial charge in [-0.2, -0.15) is 5.26 Å². The standard InChI is InChI=1S/C27H23N3O/c1-18-8-4-7-11-26(18)30-19(2)14-23(20(30)3)15-24(17-28)27(31)29-25-13-12-21-9-5-6-10-22(21)16-25/h4-16H,1-3H3,(H,29,31)/b24-15-. The van der Waals surface area contributed by atoms with Crippen LogP contribution in [-0.2, 0) is 4.79 Å². The predicted octanol–water partition coefficient (Wildman–Crippen LogP) is 6.10. The molecule has 4 nitrogen and oxygen atoms in total. The number of hydrogen-bond acceptors (Lipinski definition) is 2. The maximum Gasteiger partial charge on any atom is 0.266 e. The molecule has 1 aromatic heterocycles. The highest BCUT2D eigenvalue weighted by atomic mass is 16.1. The SMILES string of the molecule is Cc1ccccc1-n1c(C)cc(/C=C(/C#N)C(=O)Nc2ccc3ccccc3c2)c1C. The van der Waals surface area contributed by atoms with Gasteiger partial charge in [0, 0.05) is 22.8 Å². The molecule has 0 fully saturated rings. The number of nitrogens with zero attached hydrogens (tertiary/aromatic N) is 2. The Bertz CT molecular complexity index is 1370. The minimum Gasteiger partial charge on any atom is -0.321 e. The number of hydrogen-bond donors (Lipinski definition) is 1. The highest BCUT2D eigenvalue weighted by molar-refractivity contribution is 6.10. The molecule has 0 radical (unpaired) electrons. The fourth-order valence-corrected chi connectivity index (χ4v) is 3.89. The zero-order valence-electron chi connectivity index (χ0n) is 17.8. The molecule has 0 spiro atoms. The van der Waals surface area contributed by atoms with Gasteiger partial charge in [-0.05, 0) is 73.0 Å². The van der Waals surface area contributed by atoms with Crippen molar-refractivity contribution in [3.05, 3.63) is 101 Å². The van der Waals surface area contributed by atoms with Crippen molar-refractivity contribution in [2.24, 2.45) is 0 Å². The zero-order chi connectivity index (χ0) is 22.0. The van der Waals surface area contributed by atoms with Crippen molar-refractivity contribution in [2.45, 2.75) is 20.8 Å². The number of rotatable bonds is 4. The van der Waals surface area contributed by atoms with Crippen molar-refractivity contribution >= 4 is 28.4 Å². The number of nitrogens with one attached hydrogen (secondary N) is 1. The summed E-state index contributed by atoms with van der Waals surface area (Å²) in [5.74, 6) is -0.418. The van der Waals surface area contributed by atoms with E-state index in [-0.39, 0.29) is 5.57 Å². The van der Waals surface area contributed by atoms with E-state index in [0.717, 1.165) is 39.0 Å². The second-order valence-corrected chi connectivity index (χ2v) is 7.63. The number of benzene rings is 3. The first-order valence-corrected chi connectivity index (χ1v) is 10.1. The average Bonchev–Trinajstić information content (AvgIpc) is 3.05. The van der Waals surface area contributed by atoms with Gasteiger partial charge in [0.1, 0.15) is 11.6 Å². The molecular weight excluding hydrogens is 382 g/mol. The Balaban J connectivity index is 1.65. The van der Waals surface area contributed by atoms with Gasteiger partial charge in [-0.15, -0.1) is 0 Å². The summed E-state index contributed by atoms with van der Waals surface area (Å²) >= 11 is 0. The van der Waals surface area contributed by atoms with Crippen molar-refractivity contribution in [3.63, 3.8) is 0 Å². The van der Waals surface area contributed by atoms with E-state index in [2.05, 4.69) is 35.0 Å². The molecule has 1 heterocycles. The average molecular weight is 406 g/mol. The van der Waals surface area contributed by atoms with Crippen LogP contribution in [0.4, 0.5) is 5.69 Å². The molecule has 0 saturated carbocycles. The van der Waals surface area contributed by atoms with Crippen molar-refractivity contribution in [2.75, 3.05) is 5.32 Å². The first-order valence-electron chi connectivity index (χ1n) is 10.1. The van der Waals surface area contributed by atoms with E-state index in [1.807, 2.05) is 74.5 Å². The minimum absolute atomic E-state index is 0.0678. The van der Waals surface area contributed by atoms with Crippen LogP contribution in [0.15, 0.2) is 78.4 Å². The zero-order valence-corrected chi connectivity index (χ0v) is 17.8. The number of anilines is 1. The first kappa shape index (κ1) is 20.2. The van der Waals surface area contributed by atoms with Gasteiger partial charge >= 0.3 is 0 Å². The Morgan fingerprint density at radius 1 is 0.935 bits per heavy atom. The van der Waals surface area contributed by atoms with Crippen LogP contribution < -0.4 is 5.32 Å². The Labute approximate surface area is 182 Å². The van der Waals surface area contributed by atoms with Crippen LogP contribution in [0.25, 0.3) is 22.5 Å². The molecule has 1 amide bonds. The van der Waals surface area contributed by atoms with E-state index in [1.165, 1.54) is 0 Å². The third kappa shape index (κ3) is 3.99. The van der Waals surface area contributed by atoms with Gasteiger partial charge in [-0.3, -0.25) is 4.79 Å². The molecule has 0 unspecified atom stereocenters. The fourth-order valence-electron chi connectivity index (χ4n) is 3.89. The molecule has 4 aromatic rings. The molecule has 4 rings (SSSR count). The second kappa shape index (κ2) is 8.33. The Morgan fingerprint density at radius 3 is 2.39 bits per heavy atom. The molecular formula is C27H23N3O. The summed E-state index contributed by atoms with van der Waals surface area (Å²) in [6.07, 6.45) is 1.66. The van der Waals surface area contributed by atoms with E-state index in [1.54, 1.807) is 6.08 Å². The van der Waals surface area contributed by atoms with Gasteiger partial charge in [0.2, 0.25) is 0 Å². The minimum atomic E-state index is -0.418. The van der Waals surface area contributed by atoms with Gasteiger partial charge in [0.15, 0.2) is 0 Å². The lowest BCUT2D eigenvalue weighted by Crippen LogP contribution is -2.13. The van der Waals surface area contributed by atoms with Gasteiger partial charge in [-0.25, -0.2) is 0 Å². The third-order valence-electron chi connectivity index (χ3n) is 5.50. The van der Waals surface area contributed by atoms with Crippen LogP contribution in [0.5, 0.6) is 0 Å². The van der Waals surface area contributed by atoms with Gasteiger partial charge < -0.3 is 9.88 Å². The molecule has 152 valence electrons. The van der Waals surface area contributed by atoms with Gasteiger partial charge in [0.05, 0.1) is 0 Å². The smallest absolute Gasteiger partial charge is 0.266 e. The van der Waals surface area contributed by atoms with E-state index in [0.29, 0.717) is 5.69 Å². The van der Waals surface area contributed by atoms with Gasteiger partial charge in [0.25, 0.3) is 5.91 Å². The van der Waals surface area contributed by atoms with Crippen LogP contribution in [0, 0.1) is 32.1 Å². The topological polar surface area (TPSA) is 57.8 Å². The maximum absolute atomic E-state index is 12.8. The highest BCUT2D eigenvalue weighted by Crippen LogP contribution is 2.25. The maximum atomic E-state index is 12.8. The molecule has 0 atom stereocenters. The molecule has 0 bridgehead atoms. The summed E-state index contributed by atoms with van der Waals surface area (Å²) in [7, 11) is 0. The molecule has 0 saturated heterocycles. The number of nitriles is 1. The number of carbonyl (C=O) groups excluding carboxylic acids is 1. The number of para-hydroxylation sites is 1. The molecule has 1 N–H and O–H groups in total. The van der Waals surface area contributed by atoms with Crippen LogP contribution in [0.1, 0.15) is 22.5 Å². The number of carbonyl (C=O) groups is 1. The Hall–Kier alpha value is -4.10. The van der Waals surface area contributed by atoms with Crippen LogP contribution >= 0.6 is 0 Å². The molecule has 3 aromatic carbocycles. The van der Waals surface area contributed by atoms with E-state index >= 15 is 0 Å². The van der Waals surface area contributed by atoms with Crippen molar-refractivity contribution in [1.82, 2.24) is 4.57 Å². The van der Waals surface area contributed by atoms with Crippen molar-refractivity contribution in [1.29, 1.82) is 5.26 Å². The molecule has 0 aliphatic heterocycles. The highest BCUT2D eigenvalue weighted by Gasteiger charge is 2.15. The van der Waals surface area contributed by atoms with E-state index in [9.17, 15) is 10.1 Å².